The molecule has 8 nitrogen and oxygen atoms in total. The summed E-state index contributed by atoms with van der Waals surface area (Å²) in [5.41, 5.74) is 0. The zero-order valence-corrected chi connectivity index (χ0v) is 14.4. The molecule has 2 aliphatic heterocycles. The number of aromatic nitrogens is 2. The molecule has 136 valence electrons. The van der Waals surface area contributed by atoms with Gasteiger partial charge in [-0.2, -0.15) is 0 Å². The van der Waals surface area contributed by atoms with Crippen molar-refractivity contribution in [2.24, 2.45) is 0 Å². The van der Waals surface area contributed by atoms with Gasteiger partial charge in [-0.3, -0.25) is 9.69 Å². The van der Waals surface area contributed by atoms with Gasteiger partial charge in [-0.1, -0.05) is 0 Å². The van der Waals surface area contributed by atoms with E-state index in [0.29, 0.717) is 12.5 Å². The normalized spacial score (nSPS) is 19.6. The van der Waals surface area contributed by atoms with Crippen LogP contribution in [0.4, 0.5) is 5.82 Å². The highest BCUT2D eigenvalue weighted by Crippen LogP contribution is 2.25. The molecule has 0 radical (unpaired) electrons. The number of carboxylic acid groups (broad SMARTS) is 1. The van der Waals surface area contributed by atoms with Crippen LogP contribution >= 0.6 is 0 Å². The second-order valence-electron chi connectivity index (χ2n) is 6.59. The summed E-state index contributed by atoms with van der Waals surface area (Å²) in [6, 6.07) is 0.408. The molecular formula is C17H25N5O3. The molecular weight excluding hydrogens is 322 g/mol. The minimum Gasteiger partial charge on any atom is -0.480 e. The number of nitrogens with zero attached hydrogens (tertiary/aromatic N) is 4. The molecule has 3 rings (SSSR count). The van der Waals surface area contributed by atoms with Crippen molar-refractivity contribution in [2.45, 2.75) is 25.3 Å². The molecule has 1 aromatic heterocycles. The summed E-state index contributed by atoms with van der Waals surface area (Å²) in [7, 11) is 0. The van der Waals surface area contributed by atoms with Crippen LogP contribution < -0.4 is 10.2 Å². The maximum atomic E-state index is 10.8. The Morgan fingerprint density at radius 3 is 2.68 bits per heavy atom. The van der Waals surface area contributed by atoms with Crippen LogP contribution in [-0.4, -0.2) is 77.3 Å². The first-order valence-corrected chi connectivity index (χ1v) is 8.84. The third-order valence-corrected chi connectivity index (χ3v) is 4.92. The third-order valence-electron chi connectivity index (χ3n) is 4.92. The molecule has 3 heterocycles. The second kappa shape index (κ2) is 8.29. The highest BCUT2D eigenvalue weighted by molar-refractivity contribution is 5.69. The van der Waals surface area contributed by atoms with Crippen LogP contribution in [0.1, 0.15) is 24.7 Å². The summed E-state index contributed by atoms with van der Waals surface area (Å²) < 4.78 is 2.22. The van der Waals surface area contributed by atoms with Crippen molar-refractivity contribution in [3.05, 3.63) is 18.1 Å². The van der Waals surface area contributed by atoms with Crippen molar-refractivity contribution < 1.29 is 14.7 Å². The number of hydrogen-bond acceptors (Lipinski definition) is 6. The second-order valence-corrected chi connectivity index (χ2v) is 6.59. The molecule has 0 aromatic carbocycles. The third kappa shape index (κ3) is 4.48. The minimum absolute atomic E-state index is 0.0900. The van der Waals surface area contributed by atoms with E-state index in [2.05, 4.69) is 21.0 Å². The largest absolute Gasteiger partial charge is 0.480 e. The molecule has 0 aliphatic carbocycles. The SMILES string of the molecule is O=C=CCc1nc(N2CCN(CC(=O)O)CC2)cn1C1CCNCC1. The molecule has 1 aromatic rings. The fourth-order valence-electron chi connectivity index (χ4n) is 3.58. The summed E-state index contributed by atoms with van der Waals surface area (Å²) in [5.74, 6) is 2.88. The van der Waals surface area contributed by atoms with Crippen LogP contribution in [-0.2, 0) is 16.0 Å². The van der Waals surface area contributed by atoms with E-state index in [1.54, 1.807) is 0 Å². The lowest BCUT2D eigenvalue weighted by atomic mass is 10.1. The molecule has 0 spiro atoms. The number of carbonyl (C=O) groups is 1. The van der Waals surface area contributed by atoms with Gasteiger partial charge < -0.3 is 19.9 Å². The average molecular weight is 347 g/mol. The predicted octanol–water partition coefficient (Wildman–Crippen LogP) is -0.0555. The van der Waals surface area contributed by atoms with Gasteiger partial charge in [-0.15, -0.1) is 0 Å². The first-order chi connectivity index (χ1) is 12.2. The standard InChI is InChI=1S/C17H25N5O3/c23-11-1-2-15-19-16(12-22(15)14-3-5-18-6-4-14)21-9-7-20(8-10-21)13-17(24)25/h1,12,14,18H,2-10,13H2,(H,24,25). The van der Waals surface area contributed by atoms with Gasteiger partial charge in [-0.05, 0) is 25.9 Å². The van der Waals surface area contributed by atoms with Gasteiger partial charge in [-0.25, -0.2) is 9.78 Å². The Bertz CT molecular complexity index is 639. The first kappa shape index (κ1) is 17.7. The Kier molecular flexibility index (Phi) is 5.86. The van der Waals surface area contributed by atoms with E-state index in [1.165, 1.54) is 6.08 Å². The number of anilines is 1. The zero-order chi connectivity index (χ0) is 17.6. The number of allylic oxidation sites excluding steroid dienone is 1. The van der Waals surface area contributed by atoms with Crippen LogP contribution in [0.25, 0.3) is 0 Å². The van der Waals surface area contributed by atoms with E-state index >= 15 is 0 Å². The molecule has 0 atom stereocenters. The van der Waals surface area contributed by atoms with E-state index < -0.39 is 5.97 Å². The molecule has 2 aliphatic rings. The van der Waals surface area contributed by atoms with Crippen LogP contribution in [0.5, 0.6) is 0 Å². The lowest BCUT2D eigenvalue weighted by Gasteiger charge is -2.33. The number of aliphatic carboxylic acids is 1. The summed E-state index contributed by atoms with van der Waals surface area (Å²) in [6.07, 6.45) is 6.18. The lowest BCUT2D eigenvalue weighted by Crippen LogP contribution is -2.48. The molecule has 0 saturated carbocycles. The smallest absolute Gasteiger partial charge is 0.317 e. The maximum absolute atomic E-state index is 10.8. The summed E-state index contributed by atoms with van der Waals surface area (Å²) in [6.45, 7) is 5.04. The van der Waals surface area contributed by atoms with Gasteiger partial charge in [0.2, 0.25) is 0 Å². The van der Waals surface area contributed by atoms with E-state index in [0.717, 1.165) is 63.8 Å². The predicted molar refractivity (Wildman–Crippen MR) is 93.6 cm³/mol. The van der Waals surface area contributed by atoms with Crippen LogP contribution in [0.3, 0.4) is 0 Å². The fourth-order valence-corrected chi connectivity index (χ4v) is 3.58. The summed E-state index contributed by atoms with van der Waals surface area (Å²) >= 11 is 0. The van der Waals surface area contributed by atoms with Crippen molar-refractivity contribution in [1.29, 1.82) is 0 Å². The molecule has 8 heteroatoms. The average Bonchev–Trinajstić information content (AvgIpc) is 3.05. The topological polar surface area (TPSA) is 90.7 Å². The van der Waals surface area contributed by atoms with Crippen molar-refractivity contribution >= 4 is 17.7 Å². The van der Waals surface area contributed by atoms with E-state index in [1.807, 2.05) is 10.8 Å². The Morgan fingerprint density at radius 1 is 1.32 bits per heavy atom. The van der Waals surface area contributed by atoms with Gasteiger partial charge in [0.05, 0.1) is 6.54 Å². The molecule has 0 amide bonds. The van der Waals surface area contributed by atoms with Crippen LogP contribution in [0.2, 0.25) is 0 Å². The number of imidazole rings is 1. The number of nitrogens with one attached hydrogen (secondary N) is 1. The summed E-state index contributed by atoms with van der Waals surface area (Å²) in [5, 5.41) is 12.3. The highest BCUT2D eigenvalue weighted by atomic mass is 16.4. The molecule has 2 fully saturated rings. The Labute approximate surface area is 147 Å². The van der Waals surface area contributed by atoms with Gasteiger partial charge in [0, 0.05) is 50.9 Å². The Balaban J connectivity index is 1.72. The molecule has 25 heavy (non-hydrogen) atoms. The van der Waals surface area contributed by atoms with E-state index in [-0.39, 0.29) is 6.54 Å². The van der Waals surface area contributed by atoms with Gasteiger partial charge in [0.1, 0.15) is 17.6 Å². The monoisotopic (exact) mass is 347 g/mol. The minimum atomic E-state index is -0.786. The number of piperazine rings is 1. The quantitative estimate of drug-likeness (QED) is 0.697. The van der Waals surface area contributed by atoms with E-state index in [4.69, 9.17) is 10.1 Å². The van der Waals surface area contributed by atoms with Crippen molar-refractivity contribution in [2.75, 3.05) is 50.7 Å². The molecule has 0 bridgehead atoms. The summed E-state index contributed by atoms with van der Waals surface area (Å²) in [4.78, 5) is 30.3. The molecule has 2 N–H and O–H groups in total. The molecule has 2 saturated heterocycles. The van der Waals surface area contributed by atoms with Gasteiger partial charge in [0.15, 0.2) is 0 Å². The Morgan fingerprint density at radius 2 is 2.04 bits per heavy atom. The number of carboxylic acids is 1. The van der Waals surface area contributed by atoms with Crippen molar-refractivity contribution in [3.63, 3.8) is 0 Å². The van der Waals surface area contributed by atoms with Crippen molar-refractivity contribution in [3.8, 4) is 0 Å². The van der Waals surface area contributed by atoms with E-state index in [9.17, 15) is 9.59 Å². The maximum Gasteiger partial charge on any atom is 0.317 e. The van der Waals surface area contributed by atoms with Crippen LogP contribution in [0.15, 0.2) is 12.3 Å². The number of piperidine rings is 1. The van der Waals surface area contributed by atoms with Crippen LogP contribution in [0, 0.1) is 0 Å². The van der Waals surface area contributed by atoms with Gasteiger partial charge >= 0.3 is 5.97 Å². The first-order valence-electron chi connectivity index (χ1n) is 8.84. The van der Waals surface area contributed by atoms with Crippen molar-refractivity contribution in [1.82, 2.24) is 19.8 Å². The van der Waals surface area contributed by atoms with Gasteiger partial charge in [0.25, 0.3) is 0 Å². The molecule has 0 unspecified atom stereocenters. The number of hydrogen-bond donors (Lipinski definition) is 2. The highest BCUT2D eigenvalue weighted by Gasteiger charge is 2.24. The number of rotatable bonds is 6. The lowest BCUT2D eigenvalue weighted by molar-refractivity contribution is -0.138. The Hall–Kier alpha value is -2.15. The fraction of sp³-hybridized carbons (Fsp3) is 0.647. The number of carbonyl (C=O) groups excluding carboxylic acids is 1. The zero-order valence-electron chi connectivity index (χ0n) is 14.4.